The van der Waals surface area contributed by atoms with E-state index in [1.807, 2.05) is 13.8 Å². The molecule has 1 amide bonds. The molecular formula is C16H32N2O2. The van der Waals surface area contributed by atoms with Gasteiger partial charge in [-0.05, 0) is 17.8 Å². The summed E-state index contributed by atoms with van der Waals surface area (Å²) in [6.07, 6.45) is 1.51. The minimum Gasteiger partial charge on any atom is -0.356 e. The molecule has 0 aromatic heterocycles. The van der Waals surface area contributed by atoms with E-state index in [-0.39, 0.29) is 23.0 Å². The van der Waals surface area contributed by atoms with Crippen LogP contribution in [0.25, 0.3) is 0 Å². The van der Waals surface area contributed by atoms with Gasteiger partial charge in [0.05, 0.1) is 6.54 Å². The van der Waals surface area contributed by atoms with Gasteiger partial charge in [-0.15, -0.1) is 0 Å². The Morgan fingerprint density at radius 1 is 1.10 bits per heavy atom. The van der Waals surface area contributed by atoms with Crippen LogP contribution in [0.1, 0.15) is 54.4 Å². The maximum atomic E-state index is 11.7. The molecule has 0 bridgehead atoms. The van der Waals surface area contributed by atoms with Gasteiger partial charge in [-0.3, -0.25) is 9.59 Å². The lowest BCUT2D eigenvalue weighted by Crippen LogP contribution is -2.36. The number of rotatable bonds is 10. The molecule has 0 heterocycles. The summed E-state index contributed by atoms with van der Waals surface area (Å²) in [5, 5.41) is 5.99. The summed E-state index contributed by atoms with van der Waals surface area (Å²) in [7, 11) is 0. The Morgan fingerprint density at radius 3 is 2.20 bits per heavy atom. The van der Waals surface area contributed by atoms with Gasteiger partial charge >= 0.3 is 0 Å². The van der Waals surface area contributed by atoms with Crippen molar-refractivity contribution in [3.05, 3.63) is 0 Å². The zero-order valence-corrected chi connectivity index (χ0v) is 14.0. The van der Waals surface area contributed by atoms with Crippen LogP contribution in [0.5, 0.6) is 0 Å². The molecule has 20 heavy (non-hydrogen) atoms. The third-order valence-corrected chi connectivity index (χ3v) is 3.20. The lowest BCUT2D eigenvalue weighted by atomic mass is 9.84. The van der Waals surface area contributed by atoms with Crippen LogP contribution in [0.3, 0.4) is 0 Å². The fraction of sp³-hybridized carbons (Fsp3) is 0.875. The fourth-order valence-electron chi connectivity index (χ4n) is 2.22. The van der Waals surface area contributed by atoms with Crippen molar-refractivity contribution in [3.63, 3.8) is 0 Å². The minimum absolute atomic E-state index is 0.0475. The first kappa shape index (κ1) is 19.1. The predicted molar refractivity (Wildman–Crippen MR) is 83.6 cm³/mol. The van der Waals surface area contributed by atoms with Gasteiger partial charge in [0.1, 0.15) is 5.78 Å². The minimum atomic E-state index is 0.0475. The number of hydrogen-bond acceptors (Lipinski definition) is 3. The van der Waals surface area contributed by atoms with Crippen LogP contribution in [0.2, 0.25) is 0 Å². The highest BCUT2D eigenvalue weighted by molar-refractivity contribution is 5.82. The monoisotopic (exact) mass is 284 g/mol. The van der Waals surface area contributed by atoms with Crippen molar-refractivity contribution >= 4 is 11.7 Å². The highest BCUT2D eigenvalue weighted by atomic mass is 16.1. The molecule has 0 unspecified atom stereocenters. The Hall–Kier alpha value is -0.900. The van der Waals surface area contributed by atoms with Gasteiger partial charge in [-0.1, -0.05) is 41.5 Å². The molecule has 4 heteroatoms. The Balaban J connectivity index is 3.77. The van der Waals surface area contributed by atoms with Crippen LogP contribution in [-0.2, 0) is 9.59 Å². The Kier molecular flexibility index (Phi) is 8.70. The maximum absolute atomic E-state index is 11.7. The molecule has 0 radical (unpaired) electrons. The van der Waals surface area contributed by atoms with E-state index in [4.69, 9.17) is 0 Å². The molecule has 0 rings (SSSR count). The Labute approximate surface area is 124 Å². The van der Waals surface area contributed by atoms with Crippen LogP contribution in [-0.4, -0.2) is 31.3 Å². The van der Waals surface area contributed by atoms with E-state index < -0.39 is 0 Å². The highest BCUT2D eigenvalue weighted by Crippen LogP contribution is 2.23. The molecule has 2 N–H and O–H groups in total. The van der Waals surface area contributed by atoms with E-state index in [2.05, 4.69) is 38.3 Å². The summed E-state index contributed by atoms with van der Waals surface area (Å²) in [5.41, 5.74) is 0.130. The number of carbonyl (C=O) groups is 2. The summed E-state index contributed by atoms with van der Waals surface area (Å²) in [6.45, 7) is 14.1. The average molecular weight is 284 g/mol. The van der Waals surface area contributed by atoms with Crippen LogP contribution in [0.15, 0.2) is 0 Å². The highest BCUT2D eigenvalue weighted by Gasteiger charge is 2.20. The first-order valence-electron chi connectivity index (χ1n) is 7.64. The molecule has 0 aromatic carbocycles. The molecule has 0 fully saturated rings. The number of Topliss-reactive ketones (excluding diaryl/α,β-unsaturated/α-hetero) is 1. The van der Waals surface area contributed by atoms with Crippen molar-refractivity contribution in [3.8, 4) is 0 Å². The van der Waals surface area contributed by atoms with Crippen LogP contribution in [0, 0.1) is 17.3 Å². The Morgan fingerprint density at radius 2 is 1.70 bits per heavy atom. The van der Waals surface area contributed by atoms with E-state index >= 15 is 0 Å². The molecule has 0 aliphatic heterocycles. The number of hydrogen-bond donors (Lipinski definition) is 2. The van der Waals surface area contributed by atoms with Gasteiger partial charge in [-0.2, -0.15) is 0 Å². The quantitative estimate of drug-likeness (QED) is 0.606. The molecule has 0 aromatic rings. The third-order valence-electron chi connectivity index (χ3n) is 3.20. The lowest BCUT2D eigenvalue weighted by Gasteiger charge is -2.27. The number of nitrogens with one attached hydrogen (secondary N) is 2. The van der Waals surface area contributed by atoms with E-state index in [1.165, 1.54) is 0 Å². The van der Waals surface area contributed by atoms with Gasteiger partial charge in [0.25, 0.3) is 0 Å². The summed E-state index contributed by atoms with van der Waals surface area (Å²) in [4.78, 5) is 23.1. The van der Waals surface area contributed by atoms with Gasteiger partial charge in [0, 0.05) is 25.4 Å². The fourth-order valence-corrected chi connectivity index (χ4v) is 2.22. The number of amides is 1. The first-order valence-corrected chi connectivity index (χ1v) is 7.64. The Bertz CT molecular complexity index is 310. The SMILES string of the molecule is CC(C)CC(C)(C)CNC(=O)CCNCC(=O)C(C)C. The smallest absolute Gasteiger partial charge is 0.221 e. The standard InChI is InChI=1S/C16H32N2O2/c1-12(2)9-16(5,6)11-18-15(20)7-8-17-10-14(19)13(3)4/h12-13,17H,7-11H2,1-6H3,(H,18,20). The predicted octanol–water partition coefficient (Wildman–Crippen LogP) is 2.38. The molecule has 4 nitrogen and oxygen atoms in total. The van der Waals surface area contributed by atoms with Crippen molar-refractivity contribution in [1.29, 1.82) is 0 Å². The lowest BCUT2D eigenvalue weighted by molar-refractivity contribution is -0.123. The van der Waals surface area contributed by atoms with Gasteiger partial charge < -0.3 is 10.6 Å². The second-order valence-corrected chi connectivity index (χ2v) is 7.09. The summed E-state index contributed by atoms with van der Waals surface area (Å²) < 4.78 is 0. The topological polar surface area (TPSA) is 58.2 Å². The normalized spacial score (nSPS) is 12.0. The van der Waals surface area contributed by atoms with Crippen molar-refractivity contribution in [2.75, 3.05) is 19.6 Å². The zero-order chi connectivity index (χ0) is 15.8. The molecule has 118 valence electrons. The largest absolute Gasteiger partial charge is 0.356 e. The molecule has 0 saturated carbocycles. The van der Waals surface area contributed by atoms with Crippen LogP contribution >= 0.6 is 0 Å². The summed E-state index contributed by atoms with van der Waals surface area (Å²) in [5.74, 6) is 0.911. The van der Waals surface area contributed by atoms with E-state index in [1.54, 1.807) is 0 Å². The molecule has 0 aliphatic rings. The van der Waals surface area contributed by atoms with Crippen LogP contribution in [0.4, 0.5) is 0 Å². The van der Waals surface area contributed by atoms with Gasteiger partial charge in [0.15, 0.2) is 0 Å². The van der Waals surface area contributed by atoms with Gasteiger partial charge in [-0.25, -0.2) is 0 Å². The zero-order valence-electron chi connectivity index (χ0n) is 14.0. The molecule has 0 spiro atoms. The van der Waals surface area contributed by atoms with Crippen molar-refractivity contribution in [1.82, 2.24) is 10.6 Å². The second kappa shape index (κ2) is 9.11. The summed E-state index contributed by atoms with van der Waals surface area (Å²) in [6, 6.07) is 0. The molecular weight excluding hydrogens is 252 g/mol. The molecule has 0 atom stereocenters. The molecule has 0 saturated heterocycles. The summed E-state index contributed by atoms with van der Waals surface area (Å²) >= 11 is 0. The van der Waals surface area contributed by atoms with Crippen LogP contribution < -0.4 is 10.6 Å². The number of ketones is 1. The second-order valence-electron chi connectivity index (χ2n) is 7.09. The van der Waals surface area contributed by atoms with Crippen molar-refractivity contribution in [2.24, 2.45) is 17.3 Å². The van der Waals surface area contributed by atoms with Gasteiger partial charge in [0.2, 0.25) is 5.91 Å². The van der Waals surface area contributed by atoms with E-state index in [0.29, 0.717) is 32.0 Å². The third kappa shape index (κ3) is 9.96. The van der Waals surface area contributed by atoms with Crippen molar-refractivity contribution < 1.29 is 9.59 Å². The van der Waals surface area contributed by atoms with Crippen molar-refractivity contribution in [2.45, 2.75) is 54.4 Å². The maximum Gasteiger partial charge on any atom is 0.221 e. The first-order chi connectivity index (χ1) is 9.14. The van der Waals surface area contributed by atoms with E-state index in [9.17, 15) is 9.59 Å². The van der Waals surface area contributed by atoms with E-state index in [0.717, 1.165) is 6.42 Å². The number of carbonyl (C=O) groups excluding carboxylic acids is 2. The average Bonchev–Trinajstić information content (AvgIpc) is 2.30. The molecule has 0 aliphatic carbocycles.